The Kier molecular flexibility index (Phi) is 7.60. The van der Waals surface area contributed by atoms with E-state index in [1.165, 1.54) is 7.11 Å². The number of hydrogen-bond donors (Lipinski definition) is 1. The van der Waals surface area contributed by atoms with E-state index in [0.29, 0.717) is 19.4 Å². The molecule has 1 rings (SSSR count). The first kappa shape index (κ1) is 14.9. The third-order valence-corrected chi connectivity index (χ3v) is 2.37. The lowest BCUT2D eigenvalue weighted by molar-refractivity contribution is -0.145. The van der Waals surface area contributed by atoms with Crippen LogP contribution in [0.2, 0.25) is 0 Å². The van der Waals surface area contributed by atoms with Crippen LogP contribution in [0, 0.1) is 5.92 Å². The summed E-state index contributed by atoms with van der Waals surface area (Å²) in [5.41, 5.74) is 6.61. The fourth-order valence-corrected chi connectivity index (χ4v) is 1.57. The highest BCUT2D eigenvalue weighted by molar-refractivity contribution is 5.85. The van der Waals surface area contributed by atoms with E-state index in [1.54, 1.807) is 0 Å². The van der Waals surface area contributed by atoms with Gasteiger partial charge in [-0.15, -0.1) is 12.4 Å². The SMILES string of the molecule is COC(=O)C(CCN)Cc1ccccc1.Cl. The van der Waals surface area contributed by atoms with Gasteiger partial charge in [-0.1, -0.05) is 30.3 Å². The van der Waals surface area contributed by atoms with Gasteiger partial charge >= 0.3 is 5.97 Å². The number of esters is 1. The van der Waals surface area contributed by atoms with Crippen LogP contribution in [0.3, 0.4) is 0 Å². The Morgan fingerprint density at radius 3 is 2.50 bits per heavy atom. The molecule has 0 heterocycles. The Labute approximate surface area is 102 Å². The minimum atomic E-state index is -0.177. The number of carbonyl (C=O) groups is 1. The number of methoxy groups -OCH3 is 1. The van der Waals surface area contributed by atoms with E-state index in [1.807, 2.05) is 30.3 Å². The highest BCUT2D eigenvalue weighted by Crippen LogP contribution is 2.13. The summed E-state index contributed by atoms with van der Waals surface area (Å²) in [6.07, 6.45) is 1.37. The standard InChI is InChI=1S/C12H17NO2.ClH/c1-15-12(14)11(7-8-13)9-10-5-3-2-4-6-10;/h2-6,11H,7-9,13H2,1H3;1H. The summed E-state index contributed by atoms with van der Waals surface area (Å²) < 4.78 is 4.74. The van der Waals surface area contributed by atoms with Crippen LogP contribution >= 0.6 is 12.4 Å². The van der Waals surface area contributed by atoms with Crippen molar-refractivity contribution in [1.29, 1.82) is 0 Å². The lowest BCUT2D eigenvalue weighted by Gasteiger charge is -2.13. The molecule has 0 fully saturated rings. The highest BCUT2D eigenvalue weighted by atomic mass is 35.5. The summed E-state index contributed by atoms with van der Waals surface area (Å²) in [4.78, 5) is 11.4. The van der Waals surface area contributed by atoms with E-state index < -0.39 is 0 Å². The van der Waals surface area contributed by atoms with Gasteiger partial charge in [-0.25, -0.2) is 0 Å². The molecule has 0 saturated heterocycles. The Morgan fingerprint density at radius 2 is 2.00 bits per heavy atom. The summed E-state index contributed by atoms with van der Waals surface area (Å²) in [5, 5.41) is 0. The third kappa shape index (κ3) is 4.64. The fourth-order valence-electron chi connectivity index (χ4n) is 1.57. The second kappa shape index (κ2) is 8.13. The van der Waals surface area contributed by atoms with Gasteiger partial charge in [0.1, 0.15) is 0 Å². The fraction of sp³-hybridized carbons (Fsp3) is 0.417. The average molecular weight is 244 g/mol. The van der Waals surface area contributed by atoms with Crippen molar-refractivity contribution in [2.45, 2.75) is 12.8 Å². The Morgan fingerprint density at radius 1 is 1.38 bits per heavy atom. The number of rotatable bonds is 5. The highest BCUT2D eigenvalue weighted by Gasteiger charge is 2.18. The van der Waals surface area contributed by atoms with Crippen molar-refractivity contribution in [3.05, 3.63) is 35.9 Å². The Balaban J connectivity index is 0.00000225. The molecule has 1 aromatic carbocycles. The zero-order valence-corrected chi connectivity index (χ0v) is 10.2. The van der Waals surface area contributed by atoms with Gasteiger partial charge in [0.25, 0.3) is 0 Å². The molecule has 4 heteroatoms. The number of hydrogen-bond acceptors (Lipinski definition) is 3. The summed E-state index contributed by atoms with van der Waals surface area (Å²) >= 11 is 0. The molecular formula is C12H18ClNO2. The molecule has 0 radical (unpaired) electrons. The molecule has 0 spiro atoms. The average Bonchev–Trinajstić information content (AvgIpc) is 2.29. The van der Waals surface area contributed by atoms with Crippen LogP contribution in [-0.4, -0.2) is 19.6 Å². The first-order valence-corrected chi connectivity index (χ1v) is 5.09. The monoisotopic (exact) mass is 243 g/mol. The van der Waals surface area contributed by atoms with Crippen LogP contribution < -0.4 is 5.73 Å². The van der Waals surface area contributed by atoms with Gasteiger partial charge in [0.2, 0.25) is 0 Å². The van der Waals surface area contributed by atoms with Crippen molar-refractivity contribution < 1.29 is 9.53 Å². The van der Waals surface area contributed by atoms with Crippen LogP contribution in [0.4, 0.5) is 0 Å². The number of benzene rings is 1. The second-order valence-electron chi connectivity index (χ2n) is 3.49. The molecule has 0 amide bonds. The molecule has 0 aliphatic heterocycles. The molecule has 1 atom stereocenters. The minimum Gasteiger partial charge on any atom is -0.469 e. The molecule has 0 aliphatic carbocycles. The topological polar surface area (TPSA) is 52.3 Å². The van der Waals surface area contributed by atoms with Crippen molar-refractivity contribution in [3.63, 3.8) is 0 Å². The third-order valence-electron chi connectivity index (χ3n) is 2.37. The number of ether oxygens (including phenoxy) is 1. The van der Waals surface area contributed by atoms with Crippen molar-refractivity contribution in [2.24, 2.45) is 11.7 Å². The minimum absolute atomic E-state index is 0. The molecule has 16 heavy (non-hydrogen) atoms. The Hall–Kier alpha value is -1.06. The summed E-state index contributed by atoms with van der Waals surface area (Å²) in [6, 6.07) is 9.90. The smallest absolute Gasteiger partial charge is 0.309 e. The van der Waals surface area contributed by atoms with Gasteiger partial charge in [-0.2, -0.15) is 0 Å². The molecule has 1 unspecified atom stereocenters. The first-order valence-electron chi connectivity index (χ1n) is 5.09. The predicted molar refractivity (Wildman–Crippen MR) is 66.6 cm³/mol. The number of carbonyl (C=O) groups excluding carboxylic acids is 1. The van der Waals surface area contributed by atoms with Gasteiger partial charge in [-0.3, -0.25) is 4.79 Å². The zero-order chi connectivity index (χ0) is 11.1. The summed E-state index contributed by atoms with van der Waals surface area (Å²) in [5.74, 6) is -0.299. The van der Waals surface area contributed by atoms with Crippen LogP contribution in [0.1, 0.15) is 12.0 Å². The summed E-state index contributed by atoms with van der Waals surface area (Å²) in [6.45, 7) is 0.507. The molecule has 0 aromatic heterocycles. The van der Waals surface area contributed by atoms with Crippen LogP contribution in [0.15, 0.2) is 30.3 Å². The van der Waals surface area contributed by atoms with E-state index in [0.717, 1.165) is 5.56 Å². The second-order valence-corrected chi connectivity index (χ2v) is 3.49. The van der Waals surface area contributed by atoms with Gasteiger partial charge in [0.15, 0.2) is 0 Å². The van der Waals surface area contributed by atoms with Gasteiger partial charge in [-0.05, 0) is 24.9 Å². The maximum atomic E-state index is 11.4. The number of halogens is 1. The predicted octanol–water partition coefficient (Wildman–Crippen LogP) is 1.79. The van der Waals surface area contributed by atoms with E-state index >= 15 is 0 Å². The maximum absolute atomic E-state index is 11.4. The normalized spacial score (nSPS) is 11.4. The van der Waals surface area contributed by atoms with Crippen LogP contribution in [-0.2, 0) is 16.0 Å². The van der Waals surface area contributed by atoms with E-state index in [-0.39, 0.29) is 24.3 Å². The molecule has 2 N–H and O–H groups in total. The lowest BCUT2D eigenvalue weighted by atomic mass is 9.96. The lowest BCUT2D eigenvalue weighted by Crippen LogP contribution is -2.21. The van der Waals surface area contributed by atoms with E-state index in [9.17, 15) is 4.79 Å². The quantitative estimate of drug-likeness (QED) is 0.803. The van der Waals surface area contributed by atoms with Crippen LogP contribution in [0.25, 0.3) is 0 Å². The molecule has 0 bridgehead atoms. The molecular weight excluding hydrogens is 226 g/mol. The van der Waals surface area contributed by atoms with Crippen molar-refractivity contribution in [2.75, 3.05) is 13.7 Å². The van der Waals surface area contributed by atoms with Crippen molar-refractivity contribution in [1.82, 2.24) is 0 Å². The zero-order valence-electron chi connectivity index (χ0n) is 9.39. The van der Waals surface area contributed by atoms with Crippen molar-refractivity contribution >= 4 is 18.4 Å². The van der Waals surface area contributed by atoms with Gasteiger partial charge in [0.05, 0.1) is 13.0 Å². The van der Waals surface area contributed by atoms with E-state index in [4.69, 9.17) is 10.5 Å². The van der Waals surface area contributed by atoms with Crippen LogP contribution in [0.5, 0.6) is 0 Å². The molecule has 0 aliphatic rings. The molecule has 0 saturated carbocycles. The van der Waals surface area contributed by atoms with Gasteiger partial charge < -0.3 is 10.5 Å². The van der Waals surface area contributed by atoms with Crippen molar-refractivity contribution in [3.8, 4) is 0 Å². The molecule has 90 valence electrons. The maximum Gasteiger partial charge on any atom is 0.309 e. The molecule has 3 nitrogen and oxygen atoms in total. The largest absolute Gasteiger partial charge is 0.469 e. The first-order chi connectivity index (χ1) is 7.27. The number of nitrogens with two attached hydrogens (primary N) is 1. The van der Waals surface area contributed by atoms with Gasteiger partial charge in [0, 0.05) is 0 Å². The molecule has 1 aromatic rings. The Bertz CT molecular complexity index is 303. The van der Waals surface area contributed by atoms with E-state index in [2.05, 4.69) is 0 Å². The summed E-state index contributed by atoms with van der Waals surface area (Å²) in [7, 11) is 1.41.